The zero-order valence-corrected chi connectivity index (χ0v) is 22.7. The van der Waals surface area contributed by atoms with Gasteiger partial charge in [-0.3, -0.25) is 19.0 Å². The molecule has 6 rings (SSSR count). The van der Waals surface area contributed by atoms with E-state index in [-0.39, 0.29) is 21.6 Å². The van der Waals surface area contributed by atoms with Gasteiger partial charge in [0, 0.05) is 28.6 Å². The average molecular weight is 553 g/mol. The first-order valence-corrected chi connectivity index (χ1v) is 13.3. The number of methoxy groups -OCH3 is 2. The maximum absolute atomic E-state index is 14.2. The van der Waals surface area contributed by atoms with Gasteiger partial charge >= 0.3 is 0 Å². The summed E-state index contributed by atoms with van der Waals surface area (Å²) >= 11 is 1.12. The highest BCUT2D eigenvalue weighted by molar-refractivity contribution is 7.07. The molecule has 0 saturated carbocycles. The van der Waals surface area contributed by atoms with E-state index in [0.29, 0.717) is 44.5 Å². The van der Waals surface area contributed by atoms with Gasteiger partial charge < -0.3 is 20.1 Å². The lowest BCUT2D eigenvalue weighted by Gasteiger charge is -2.26. The Balaban J connectivity index is 1.61. The van der Waals surface area contributed by atoms with E-state index >= 15 is 0 Å². The van der Waals surface area contributed by atoms with Crippen molar-refractivity contribution < 1.29 is 19.1 Å². The number of anilines is 2. The number of allylic oxidation sites excluding steroid dienone is 1. The van der Waals surface area contributed by atoms with Crippen molar-refractivity contribution in [3.63, 3.8) is 0 Å². The minimum absolute atomic E-state index is 0.246. The number of carbonyl (C=O) groups excluding carboxylic acids is 2. The fourth-order valence-corrected chi connectivity index (χ4v) is 6.21. The Hall–Kier alpha value is -4.96. The molecule has 0 radical (unpaired) electrons. The van der Waals surface area contributed by atoms with Crippen LogP contribution in [0.3, 0.4) is 0 Å². The smallest absolute Gasteiger partial charge is 0.271 e. The van der Waals surface area contributed by atoms with Crippen LogP contribution >= 0.6 is 11.3 Å². The summed E-state index contributed by atoms with van der Waals surface area (Å²) in [6.07, 6.45) is 0. The van der Waals surface area contributed by atoms with Crippen LogP contribution in [0.4, 0.5) is 11.4 Å². The zero-order valence-electron chi connectivity index (χ0n) is 21.8. The lowest BCUT2D eigenvalue weighted by molar-refractivity contribution is -0.113. The highest BCUT2D eigenvalue weighted by atomic mass is 32.1. The molecular formula is C30H24N4O5S. The summed E-state index contributed by atoms with van der Waals surface area (Å²) in [6, 6.07) is 20.6. The van der Waals surface area contributed by atoms with E-state index in [2.05, 4.69) is 15.6 Å². The Morgan fingerprint density at radius 1 is 1.00 bits per heavy atom. The maximum atomic E-state index is 14.2. The summed E-state index contributed by atoms with van der Waals surface area (Å²) in [5.74, 6) is 0.233. The van der Waals surface area contributed by atoms with Crippen molar-refractivity contribution in [2.75, 3.05) is 24.9 Å². The minimum atomic E-state index is -0.880. The first kappa shape index (κ1) is 25.3. The summed E-state index contributed by atoms with van der Waals surface area (Å²) in [5, 5.41) is 5.76. The van der Waals surface area contributed by atoms with Gasteiger partial charge in [0.1, 0.15) is 22.1 Å². The molecule has 0 bridgehead atoms. The van der Waals surface area contributed by atoms with Gasteiger partial charge in [0.2, 0.25) is 0 Å². The number of thiazole rings is 1. The van der Waals surface area contributed by atoms with Crippen LogP contribution < -0.4 is 35.0 Å². The van der Waals surface area contributed by atoms with Gasteiger partial charge in [0.05, 0.1) is 31.1 Å². The second kappa shape index (κ2) is 9.97. The van der Waals surface area contributed by atoms with E-state index in [1.807, 2.05) is 30.3 Å². The molecule has 1 atom stereocenters. The Bertz CT molecular complexity index is 1910. The molecule has 2 amide bonds. The van der Waals surface area contributed by atoms with Crippen molar-refractivity contribution >= 4 is 40.1 Å². The number of amides is 2. The Labute approximate surface area is 232 Å². The van der Waals surface area contributed by atoms with Crippen LogP contribution in [-0.4, -0.2) is 30.6 Å². The number of nitrogens with one attached hydrogen (secondary N) is 2. The molecule has 0 saturated heterocycles. The van der Waals surface area contributed by atoms with Crippen LogP contribution in [0.25, 0.3) is 5.57 Å². The highest BCUT2D eigenvalue weighted by Gasteiger charge is 2.36. The van der Waals surface area contributed by atoms with E-state index < -0.39 is 17.5 Å². The van der Waals surface area contributed by atoms with Gasteiger partial charge in [-0.05, 0) is 37.3 Å². The molecule has 3 aromatic carbocycles. The largest absolute Gasteiger partial charge is 0.497 e. The molecule has 2 aliphatic rings. The number of fused-ring (bicyclic) bond motifs is 2. The number of carbonyl (C=O) groups is 2. The summed E-state index contributed by atoms with van der Waals surface area (Å²) in [5.41, 5.74) is 3.06. The fraction of sp³-hybridized carbons (Fsp3) is 0.133. The monoisotopic (exact) mass is 552 g/mol. The fourth-order valence-electron chi connectivity index (χ4n) is 5.06. The van der Waals surface area contributed by atoms with E-state index in [1.54, 1.807) is 56.5 Å². The molecule has 1 aromatic heterocycles. The normalized spacial score (nSPS) is 17.0. The molecule has 4 aromatic rings. The van der Waals surface area contributed by atoms with Crippen LogP contribution in [0.5, 0.6) is 11.5 Å². The molecule has 10 heteroatoms. The van der Waals surface area contributed by atoms with Gasteiger partial charge in [-0.25, -0.2) is 4.99 Å². The minimum Gasteiger partial charge on any atom is -0.497 e. The number of benzene rings is 3. The van der Waals surface area contributed by atoms with Crippen molar-refractivity contribution in [3.8, 4) is 11.5 Å². The van der Waals surface area contributed by atoms with Crippen molar-refractivity contribution in [2.45, 2.75) is 13.0 Å². The first-order chi connectivity index (χ1) is 19.4. The van der Waals surface area contributed by atoms with E-state index in [9.17, 15) is 14.4 Å². The number of para-hydroxylation sites is 2. The van der Waals surface area contributed by atoms with Gasteiger partial charge in [0.15, 0.2) is 4.80 Å². The van der Waals surface area contributed by atoms with Gasteiger partial charge in [-0.2, -0.15) is 0 Å². The molecule has 0 unspecified atom stereocenters. The first-order valence-electron chi connectivity index (χ1n) is 12.5. The Morgan fingerprint density at radius 3 is 2.50 bits per heavy atom. The Kier molecular flexibility index (Phi) is 6.31. The standard InChI is InChI=1S/C30H24N4O5S/c1-16-23(27(35)32-17-9-5-4-6-10-17)25(20-14-13-18(38-2)15-22(20)39-3)34-29(37)26(40-30(34)31-16)24-19-11-7-8-12-21(19)33-28(24)36/h4-15,25H,1-3H3,(H,32,35)(H,33,36)/b26-24-/t25-/m1/s1. The molecule has 0 aliphatic carbocycles. The second-order valence-electron chi connectivity index (χ2n) is 9.21. The quantitative estimate of drug-likeness (QED) is 0.395. The van der Waals surface area contributed by atoms with Crippen molar-refractivity contribution in [1.82, 2.24) is 4.57 Å². The maximum Gasteiger partial charge on any atom is 0.271 e. The van der Waals surface area contributed by atoms with E-state index in [1.165, 1.54) is 11.7 Å². The van der Waals surface area contributed by atoms with Crippen molar-refractivity contribution in [2.24, 2.45) is 4.99 Å². The van der Waals surface area contributed by atoms with E-state index in [4.69, 9.17) is 9.47 Å². The predicted molar refractivity (Wildman–Crippen MR) is 152 cm³/mol. The summed E-state index contributed by atoms with van der Waals surface area (Å²) in [6.45, 7) is 1.74. The van der Waals surface area contributed by atoms with Gasteiger partial charge in [0.25, 0.3) is 17.4 Å². The number of ether oxygens (including phenoxy) is 2. The van der Waals surface area contributed by atoms with Gasteiger partial charge in [-0.15, -0.1) is 0 Å². The SMILES string of the molecule is COc1ccc([C@@H]2C(C(=O)Nc3ccccc3)=C(C)N=c3s/c(=C4\C(=O)Nc5ccccc54)c(=O)n32)c(OC)c1. The zero-order chi connectivity index (χ0) is 28.0. The van der Waals surface area contributed by atoms with Gasteiger partial charge in [-0.1, -0.05) is 47.7 Å². The summed E-state index contributed by atoms with van der Waals surface area (Å²) in [7, 11) is 3.07. The topological polar surface area (TPSA) is 111 Å². The molecule has 0 fully saturated rings. The highest BCUT2D eigenvalue weighted by Crippen LogP contribution is 2.38. The van der Waals surface area contributed by atoms with Crippen LogP contribution in [-0.2, 0) is 9.59 Å². The number of hydrogen-bond acceptors (Lipinski definition) is 7. The molecule has 0 spiro atoms. The second-order valence-corrected chi connectivity index (χ2v) is 10.2. The van der Waals surface area contributed by atoms with E-state index in [0.717, 1.165) is 11.3 Å². The predicted octanol–water partition coefficient (Wildman–Crippen LogP) is 3.21. The molecule has 200 valence electrons. The van der Waals surface area contributed by atoms with Crippen LogP contribution in [0.2, 0.25) is 0 Å². The number of aromatic nitrogens is 1. The summed E-state index contributed by atoms with van der Waals surface area (Å²) in [4.78, 5) is 46.1. The van der Waals surface area contributed by atoms with Crippen LogP contribution in [0.1, 0.15) is 24.1 Å². The molecule has 9 nitrogen and oxygen atoms in total. The van der Waals surface area contributed by atoms with Crippen LogP contribution in [0, 0.1) is 0 Å². The summed E-state index contributed by atoms with van der Waals surface area (Å²) < 4.78 is 12.8. The van der Waals surface area contributed by atoms with Crippen LogP contribution in [0.15, 0.2) is 93.9 Å². The molecule has 2 aliphatic heterocycles. The van der Waals surface area contributed by atoms with Crippen molar-refractivity contribution in [1.29, 1.82) is 0 Å². The number of hydrogen-bond donors (Lipinski definition) is 2. The third-order valence-electron chi connectivity index (χ3n) is 6.91. The lowest BCUT2D eigenvalue weighted by atomic mass is 9.94. The third kappa shape index (κ3) is 4.09. The van der Waals surface area contributed by atoms with Crippen molar-refractivity contribution in [3.05, 3.63) is 115 Å². The number of rotatable bonds is 5. The third-order valence-corrected chi connectivity index (χ3v) is 7.96. The molecular weight excluding hydrogens is 528 g/mol. The Morgan fingerprint density at radius 2 is 1.75 bits per heavy atom. The number of nitrogens with zero attached hydrogens (tertiary/aromatic N) is 2. The lowest BCUT2D eigenvalue weighted by Crippen LogP contribution is -2.41. The molecule has 40 heavy (non-hydrogen) atoms. The molecule has 2 N–H and O–H groups in total. The average Bonchev–Trinajstić information content (AvgIpc) is 3.46. The molecule has 3 heterocycles.